The van der Waals surface area contributed by atoms with Crippen molar-refractivity contribution in [2.75, 3.05) is 26.7 Å². The van der Waals surface area contributed by atoms with E-state index in [0.29, 0.717) is 37.3 Å². The summed E-state index contributed by atoms with van der Waals surface area (Å²) in [5, 5.41) is 23.7. The van der Waals surface area contributed by atoms with Gasteiger partial charge in [0, 0.05) is 37.1 Å². The topological polar surface area (TPSA) is 164 Å². The smallest absolute Gasteiger partial charge is 0.311 e. The molecule has 0 spiro atoms. The predicted molar refractivity (Wildman–Crippen MR) is 118 cm³/mol. The lowest BCUT2D eigenvalue weighted by Gasteiger charge is -2.51. The van der Waals surface area contributed by atoms with Gasteiger partial charge in [0.05, 0.1) is 11.0 Å². The highest BCUT2D eigenvalue weighted by molar-refractivity contribution is 6.00. The number of hydrogen-bond acceptors (Lipinski definition) is 6. The van der Waals surface area contributed by atoms with Gasteiger partial charge in [0.15, 0.2) is 0 Å². The summed E-state index contributed by atoms with van der Waals surface area (Å²) < 4.78 is 0. The number of piperidine rings is 2. The van der Waals surface area contributed by atoms with Crippen LogP contribution in [0, 0.1) is 5.41 Å². The van der Waals surface area contributed by atoms with Crippen LogP contribution in [0.2, 0.25) is 0 Å². The highest BCUT2D eigenvalue weighted by atomic mass is 16.4. The van der Waals surface area contributed by atoms with Gasteiger partial charge in [-0.3, -0.25) is 19.2 Å². The maximum Gasteiger partial charge on any atom is 0.311 e. The van der Waals surface area contributed by atoms with Crippen LogP contribution >= 0.6 is 0 Å². The number of H-pyrrole nitrogens is 1. The normalized spacial score (nSPS) is 21.8. The van der Waals surface area contributed by atoms with Crippen molar-refractivity contribution in [3.63, 3.8) is 0 Å². The van der Waals surface area contributed by atoms with E-state index in [4.69, 9.17) is 19.8 Å². The quantitative estimate of drug-likeness (QED) is 0.497. The number of fused-ring (bicyclic) bond motifs is 1. The van der Waals surface area contributed by atoms with Gasteiger partial charge in [0.25, 0.3) is 18.9 Å². The number of carbonyl (C=O) groups excluding carboxylic acids is 1. The number of nitrogens with zero attached hydrogens (tertiary/aromatic N) is 3. The molecule has 0 radical (unpaired) electrons. The van der Waals surface area contributed by atoms with Gasteiger partial charge < -0.3 is 30.1 Å². The molecule has 0 unspecified atom stereocenters. The second-order valence-electron chi connectivity index (χ2n) is 7.76. The standard InChI is InChI=1S/C20H24N4O3.2CH2O2/c1-23-11-4-7-20(19(26)27)8-12-24(13-16(20)23)18(25)15-6-3-2-5-14(15)17-21-9-10-22-17;2*2-1-3/h2-3,5-6,9-10,16H,4,7-8,11-13H2,1H3,(H,21,22)(H,26,27);2*1H,(H,2,3)/t16-,20+;;/m1../s1. The number of likely N-dealkylation sites (N-methyl/N-ethyl adjacent to an activating group) is 1. The second kappa shape index (κ2) is 11.8. The van der Waals surface area contributed by atoms with Crippen LogP contribution in [-0.2, 0) is 14.4 Å². The monoisotopic (exact) mass is 460 g/mol. The minimum Gasteiger partial charge on any atom is -0.483 e. The lowest BCUT2D eigenvalue weighted by atomic mass is 9.68. The van der Waals surface area contributed by atoms with Gasteiger partial charge >= 0.3 is 5.97 Å². The van der Waals surface area contributed by atoms with E-state index >= 15 is 0 Å². The number of imidazole rings is 1. The first-order chi connectivity index (χ1) is 15.9. The summed E-state index contributed by atoms with van der Waals surface area (Å²) in [6.45, 7) is 1.26. The van der Waals surface area contributed by atoms with Gasteiger partial charge in [-0.15, -0.1) is 0 Å². The minimum atomic E-state index is -0.746. The molecule has 33 heavy (non-hydrogen) atoms. The lowest BCUT2D eigenvalue weighted by molar-refractivity contribution is -0.161. The summed E-state index contributed by atoms with van der Waals surface area (Å²) in [7, 11) is 1.96. The van der Waals surface area contributed by atoms with Crippen LogP contribution < -0.4 is 0 Å². The highest BCUT2D eigenvalue weighted by Gasteiger charge is 2.52. The number of benzene rings is 1. The van der Waals surface area contributed by atoms with Gasteiger partial charge in [-0.2, -0.15) is 0 Å². The summed E-state index contributed by atoms with van der Waals surface area (Å²) in [5.74, 6) is -0.146. The van der Waals surface area contributed by atoms with Crippen LogP contribution in [0.15, 0.2) is 36.7 Å². The summed E-state index contributed by atoms with van der Waals surface area (Å²) in [4.78, 5) is 53.3. The first kappa shape index (κ1) is 25.5. The molecule has 2 aromatic rings. The molecule has 11 heteroatoms. The van der Waals surface area contributed by atoms with Crippen molar-refractivity contribution in [2.24, 2.45) is 5.41 Å². The number of amides is 1. The molecule has 1 amide bonds. The number of rotatable bonds is 3. The van der Waals surface area contributed by atoms with Crippen LogP contribution in [0.5, 0.6) is 0 Å². The minimum absolute atomic E-state index is 0.0695. The SMILES string of the molecule is CN1CCC[C@]2(C(=O)O)CCN(C(=O)c3ccccc3-c3ncc[nH]3)C[C@@H]12.O=CO.O=CO. The Morgan fingerprint density at radius 1 is 1.15 bits per heavy atom. The molecule has 3 heterocycles. The molecule has 4 rings (SSSR count). The molecule has 2 saturated heterocycles. The van der Waals surface area contributed by atoms with Gasteiger partial charge in [-0.1, -0.05) is 18.2 Å². The lowest BCUT2D eigenvalue weighted by Crippen LogP contribution is -2.63. The molecule has 0 aliphatic carbocycles. The van der Waals surface area contributed by atoms with Crippen molar-refractivity contribution in [3.8, 4) is 11.4 Å². The molecule has 0 bridgehead atoms. The zero-order chi connectivity index (χ0) is 24.4. The summed E-state index contributed by atoms with van der Waals surface area (Å²) in [6.07, 6.45) is 5.45. The molecule has 2 aliphatic rings. The number of nitrogens with one attached hydrogen (secondary N) is 1. The molecule has 1 aromatic carbocycles. The number of aliphatic carboxylic acids is 1. The van der Waals surface area contributed by atoms with E-state index in [9.17, 15) is 14.7 Å². The van der Waals surface area contributed by atoms with E-state index in [-0.39, 0.29) is 24.9 Å². The molecule has 1 aromatic heterocycles. The number of hydrogen-bond donors (Lipinski definition) is 4. The van der Waals surface area contributed by atoms with Gasteiger partial charge in [-0.25, -0.2) is 4.98 Å². The van der Waals surface area contributed by atoms with Crippen molar-refractivity contribution >= 4 is 24.8 Å². The molecule has 2 fully saturated rings. The fourth-order valence-corrected chi connectivity index (χ4v) is 4.63. The van der Waals surface area contributed by atoms with Crippen LogP contribution in [0.1, 0.15) is 29.6 Å². The molecule has 178 valence electrons. The van der Waals surface area contributed by atoms with Crippen LogP contribution in [0.4, 0.5) is 0 Å². The number of carboxylic acid groups (broad SMARTS) is 3. The third-order valence-corrected chi connectivity index (χ3v) is 6.15. The van der Waals surface area contributed by atoms with E-state index in [0.717, 1.165) is 18.5 Å². The Balaban J connectivity index is 0.000000582. The average Bonchev–Trinajstić information content (AvgIpc) is 3.34. The average molecular weight is 460 g/mol. The molecule has 2 atom stereocenters. The van der Waals surface area contributed by atoms with Crippen molar-refractivity contribution in [3.05, 3.63) is 42.2 Å². The van der Waals surface area contributed by atoms with Crippen molar-refractivity contribution < 1.29 is 34.5 Å². The number of carboxylic acids is 1. The Kier molecular flexibility index (Phi) is 9.10. The third-order valence-electron chi connectivity index (χ3n) is 6.15. The van der Waals surface area contributed by atoms with Crippen LogP contribution in [0.25, 0.3) is 11.4 Å². The molecule has 11 nitrogen and oxygen atoms in total. The van der Waals surface area contributed by atoms with Crippen LogP contribution in [0.3, 0.4) is 0 Å². The van der Waals surface area contributed by atoms with E-state index in [2.05, 4.69) is 14.9 Å². The zero-order valence-electron chi connectivity index (χ0n) is 18.3. The van der Waals surface area contributed by atoms with E-state index in [1.165, 1.54) is 0 Å². The Hall–Kier alpha value is -3.73. The van der Waals surface area contributed by atoms with E-state index in [1.54, 1.807) is 17.3 Å². The molecule has 2 aliphatic heterocycles. The van der Waals surface area contributed by atoms with Crippen LogP contribution in [-0.4, -0.2) is 92.6 Å². The Morgan fingerprint density at radius 3 is 2.42 bits per heavy atom. The Labute approximate surface area is 190 Å². The van der Waals surface area contributed by atoms with E-state index < -0.39 is 11.4 Å². The van der Waals surface area contributed by atoms with Crippen molar-refractivity contribution in [1.29, 1.82) is 0 Å². The van der Waals surface area contributed by atoms with Gasteiger partial charge in [-0.05, 0) is 38.9 Å². The number of aromatic nitrogens is 2. The third kappa shape index (κ3) is 5.55. The maximum atomic E-state index is 13.3. The maximum absolute atomic E-state index is 13.3. The Bertz CT molecular complexity index is 944. The molecular weight excluding hydrogens is 432 g/mol. The van der Waals surface area contributed by atoms with E-state index in [1.807, 2.05) is 31.3 Å². The Morgan fingerprint density at radius 2 is 1.82 bits per heavy atom. The highest BCUT2D eigenvalue weighted by Crippen LogP contribution is 2.42. The van der Waals surface area contributed by atoms with Crippen molar-refractivity contribution in [2.45, 2.75) is 25.3 Å². The molecule has 4 N–H and O–H groups in total. The molecule has 0 saturated carbocycles. The summed E-state index contributed by atoms with van der Waals surface area (Å²) >= 11 is 0. The summed E-state index contributed by atoms with van der Waals surface area (Å²) in [5.41, 5.74) is 0.609. The van der Waals surface area contributed by atoms with Crippen molar-refractivity contribution in [1.82, 2.24) is 19.8 Å². The first-order valence-electron chi connectivity index (χ1n) is 10.3. The van der Waals surface area contributed by atoms with Gasteiger partial charge in [0.2, 0.25) is 0 Å². The number of carbonyl (C=O) groups is 4. The predicted octanol–water partition coefficient (Wildman–Crippen LogP) is 1.49. The largest absolute Gasteiger partial charge is 0.483 e. The first-order valence-corrected chi connectivity index (χ1v) is 10.3. The fraction of sp³-hybridized carbons (Fsp3) is 0.409. The molecular formula is C22H28N4O7. The number of likely N-dealkylation sites (tertiary alicyclic amines) is 2. The second-order valence-corrected chi connectivity index (χ2v) is 7.76. The summed E-state index contributed by atoms with van der Waals surface area (Å²) in [6, 6.07) is 7.26. The van der Waals surface area contributed by atoms with Gasteiger partial charge in [0.1, 0.15) is 5.82 Å². The fourth-order valence-electron chi connectivity index (χ4n) is 4.63. The zero-order valence-corrected chi connectivity index (χ0v) is 18.3. The number of aromatic amines is 1.